The lowest BCUT2D eigenvalue weighted by Gasteiger charge is -2.09. The Hall–Kier alpha value is -1.97. The maximum atomic E-state index is 11.9. The van der Waals surface area contributed by atoms with Crippen molar-refractivity contribution in [1.82, 2.24) is 0 Å². The summed E-state index contributed by atoms with van der Waals surface area (Å²) in [6, 6.07) is 4.08. The lowest BCUT2D eigenvalue weighted by molar-refractivity contribution is 0.0690. The van der Waals surface area contributed by atoms with E-state index in [1.165, 1.54) is 25.1 Å². The Bertz CT molecular complexity index is 486. The van der Waals surface area contributed by atoms with Crippen molar-refractivity contribution < 1.29 is 19.5 Å². The molecule has 0 unspecified atom stereocenters. The fourth-order valence-corrected chi connectivity index (χ4v) is 1.46. The highest BCUT2D eigenvalue weighted by atomic mass is 16.4. The number of carboxylic acid groups (broad SMARTS) is 1. The van der Waals surface area contributed by atoms with Crippen molar-refractivity contribution in [1.29, 1.82) is 0 Å². The number of ketones is 2. The zero-order valence-corrected chi connectivity index (χ0v) is 9.98. The highest BCUT2D eigenvalue weighted by Crippen LogP contribution is 2.17. The number of carboxylic acids is 1. The summed E-state index contributed by atoms with van der Waals surface area (Å²) in [6.07, 6.45) is 0. The van der Waals surface area contributed by atoms with Gasteiger partial charge >= 0.3 is 5.97 Å². The maximum Gasteiger partial charge on any atom is 0.336 e. The van der Waals surface area contributed by atoms with Gasteiger partial charge in [0.2, 0.25) is 0 Å². The first-order chi connectivity index (χ1) is 7.84. The second-order valence-electron chi connectivity index (χ2n) is 4.14. The van der Waals surface area contributed by atoms with E-state index in [1.54, 1.807) is 13.8 Å². The Labute approximate surface area is 99.3 Å². The molecule has 0 amide bonds. The van der Waals surface area contributed by atoms with Gasteiger partial charge in [-0.15, -0.1) is 0 Å². The van der Waals surface area contributed by atoms with Crippen molar-refractivity contribution in [2.45, 2.75) is 20.8 Å². The average molecular weight is 234 g/mol. The number of carbonyl (C=O) groups is 3. The van der Waals surface area contributed by atoms with Gasteiger partial charge in [-0.2, -0.15) is 0 Å². The van der Waals surface area contributed by atoms with E-state index in [-0.39, 0.29) is 28.6 Å². The van der Waals surface area contributed by atoms with Gasteiger partial charge in [-0.3, -0.25) is 9.59 Å². The molecule has 0 saturated heterocycles. The SMILES string of the molecule is CC(=O)c1ccc(C(=O)O)c(C(=O)C(C)C)c1. The molecule has 0 fully saturated rings. The fourth-order valence-electron chi connectivity index (χ4n) is 1.46. The maximum absolute atomic E-state index is 11.9. The summed E-state index contributed by atoms with van der Waals surface area (Å²) in [5.74, 6) is -1.94. The Morgan fingerprint density at radius 1 is 1.12 bits per heavy atom. The molecule has 0 aromatic heterocycles. The molecule has 0 heterocycles. The van der Waals surface area contributed by atoms with E-state index in [1.807, 2.05) is 0 Å². The zero-order valence-electron chi connectivity index (χ0n) is 9.98. The van der Waals surface area contributed by atoms with Gasteiger partial charge in [-0.1, -0.05) is 19.9 Å². The van der Waals surface area contributed by atoms with Crippen LogP contribution in [0.1, 0.15) is 51.8 Å². The lowest BCUT2D eigenvalue weighted by atomic mass is 9.94. The summed E-state index contributed by atoms with van der Waals surface area (Å²) in [5.41, 5.74) is 0.382. The number of carbonyl (C=O) groups excluding carboxylic acids is 2. The van der Waals surface area contributed by atoms with Crippen molar-refractivity contribution in [3.8, 4) is 0 Å². The molecule has 0 atom stereocenters. The van der Waals surface area contributed by atoms with Gasteiger partial charge in [0.1, 0.15) is 0 Å². The van der Waals surface area contributed by atoms with E-state index < -0.39 is 5.97 Å². The van der Waals surface area contributed by atoms with E-state index in [0.29, 0.717) is 5.56 Å². The van der Waals surface area contributed by atoms with Crippen molar-refractivity contribution in [3.05, 3.63) is 34.9 Å². The van der Waals surface area contributed by atoms with Crippen LogP contribution in [-0.4, -0.2) is 22.6 Å². The number of Topliss-reactive ketones (excluding diaryl/α,β-unsaturated/α-hetero) is 2. The van der Waals surface area contributed by atoms with Crippen LogP contribution >= 0.6 is 0 Å². The number of hydrogen-bond donors (Lipinski definition) is 1. The lowest BCUT2D eigenvalue weighted by Crippen LogP contribution is -2.14. The van der Waals surface area contributed by atoms with Crippen LogP contribution < -0.4 is 0 Å². The fraction of sp³-hybridized carbons (Fsp3) is 0.308. The second-order valence-corrected chi connectivity index (χ2v) is 4.14. The Balaban J connectivity index is 3.40. The highest BCUT2D eigenvalue weighted by Gasteiger charge is 2.20. The van der Waals surface area contributed by atoms with E-state index in [0.717, 1.165) is 0 Å². The third-order valence-corrected chi connectivity index (χ3v) is 2.45. The molecule has 17 heavy (non-hydrogen) atoms. The van der Waals surface area contributed by atoms with Crippen LogP contribution in [0.3, 0.4) is 0 Å². The molecule has 1 rings (SSSR count). The van der Waals surface area contributed by atoms with Gasteiger partial charge < -0.3 is 5.11 Å². The van der Waals surface area contributed by atoms with Crippen molar-refractivity contribution in [3.63, 3.8) is 0 Å². The molecule has 1 N–H and O–H groups in total. The third-order valence-electron chi connectivity index (χ3n) is 2.45. The number of rotatable bonds is 4. The minimum Gasteiger partial charge on any atom is -0.478 e. The van der Waals surface area contributed by atoms with Gasteiger partial charge in [-0.05, 0) is 19.1 Å². The van der Waals surface area contributed by atoms with Crippen molar-refractivity contribution in [2.75, 3.05) is 0 Å². The highest BCUT2D eigenvalue weighted by molar-refractivity contribution is 6.08. The molecule has 1 aromatic rings. The molecule has 0 radical (unpaired) electrons. The van der Waals surface area contributed by atoms with Gasteiger partial charge in [0.15, 0.2) is 11.6 Å². The molecular formula is C13H14O4. The molecule has 4 heteroatoms. The Morgan fingerprint density at radius 2 is 1.71 bits per heavy atom. The second kappa shape index (κ2) is 4.91. The largest absolute Gasteiger partial charge is 0.478 e. The van der Waals surface area contributed by atoms with Gasteiger partial charge in [-0.25, -0.2) is 4.79 Å². The Kier molecular flexibility index (Phi) is 3.78. The average Bonchev–Trinajstić information content (AvgIpc) is 2.26. The van der Waals surface area contributed by atoms with E-state index in [9.17, 15) is 14.4 Å². The molecular weight excluding hydrogens is 220 g/mol. The number of aromatic carboxylic acids is 1. The normalized spacial score (nSPS) is 10.4. The molecule has 0 aliphatic carbocycles. The minimum absolute atomic E-state index is 0.0614. The minimum atomic E-state index is -1.16. The smallest absolute Gasteiger partial charge is 0.336 e. The molecule has 0 aliphatic rings. The van der Waals surface area contributed by atoms with Crippen LogP contribution in [0.4, 0.5) is 0 Å². The first-order valence-corrected chi connectivity index (χ1v) is 5.27. The molecule has 90 valence electrons. The third kappa shape index (κ3) is 2.78. The Morgan fingerprint density at radius 3 is 2.12 bits per heavy atom. The van der Waals surface area contributed by atoms with E-state index in [2.05, 4.69) is 0 Å². The molecule has 0 spiro atoms. The molecule has 0 saturated carbocycles. The summed E-state index contributed by atoms with van der Waals surface area (Å²) in [6.45, 7) is 4.75. The monoisotopic (exact) mass is 234 g/mol. The summed E-state index contributed by atoms with van der Waals surface area (Å²) in [4.78, 5) is 34.1. The summed E-state index contributed by atoms with van der Waals surface area (Å²) >= 11 is 0. The topological polar surface area (TPSA) is 71.4 Å². The molecule has 0 bridgehead atoms. The summed E-state index contributed by atoms with van der Waals surface area (Å²) in [7, 11) is 0. The van der Waals surface area contributed by atoms with Crippen LogP contribution in [0.15, 0.2) is 18.2 Å². The predicted octanol–water partition coefficient (Wildman–Crippen LogP) is 2.43. The molecule has 0 aliphatic heterocycles. The molecule has 4 nitrogen and oxygen atoms in total. The zero-order chi connectivity index (χ0) is 13.2. The van der Waals surface area contributed by atoms with Crippen LogP contribution in [0.25, 0.3) is 0 Å². The van der Waals surface area contributed by atoms with Crippen LogP contribution in [-0.2, 0) is 0 Å². The van der Waals surface area contributed by atoms with Crippen molar-refractivity contribution >= 4 is 17.5 Å². The van der Waals surface area contributed by atoms with Gasteiger partial charge in [0, 0.05) is 17.0 Å². The summed E-state index contributed by atoms with van der Waals surface area (Å²) in [5, 5.41) is 8.99. The van der Waals surface area contributed by atoms with E-state index >= 15 is 0 Å². The van der Waals surface area contributed by atoms with Crippen LogP contribution in [0, 0.1) is 5.92 Å². The molecule has 1 aromatic carbocycles. The first kappa shape index (κ1) is 13.1. The first-order valence-electron chi connectivity index (χ1n) is 5.27. The van der Waals surface area contributed by atoms with Gasteiger partial charge in [0.25, 0.3) is 0 Å². The van der Waals surface area contributed by atoms with Crippen molar-refractivity contribution in [2.24, 2.45) is 5.92 Å². The summed E-state index contributed by atoms with van der Waals surface area (Å²) < 4.78 is 0. The van der Waals surface area contributed by atoms with Crippen LogP contribution in [0.5, 0.6) is 0 Å². The predicted molar refractivity (Wildman–Crippen MR) is 62.6 cm³/mol. The standard InChI is InChI=1S/C13H14O4/c1-7(2)12(15)11-6-9(8(3)14)4-5-10(11)13(16)17/h4-7H,1-3H3,(H,16,17). The number of benzene rings is 1. The quantitative estimate of drug-likeness (QED) is 0.812. The van der Waals surface area contributed by atoms with Gasteiger partial charge in [0.05, 0.1) is 5.56 Å². The van der Waals surface area contributed by atoms with Crippen LogP contribution in [0.2, 0.25) is 0 Å². The van der Waals surface area contributed by atoms with E-state index in [4.69, 9.17) is 5.11 Å². The number of hydrogen-bond acceptors (Lipinski definition) is 3.